The van der Waals surface area contributed by atoms with Crippen LogP contribution in [0.4, 0.5) is 0 Å². The number of halogens is 1. The van der Waals surface area contributed by atoms with Gasteiger partial charge >= 0.3 is 0 Å². The molecule has 4 nitrogen and oxygen atoms in total. The minimum atomic E-state index is -0.433. The van der Waals surface area contributed by atoms with Crippen molar-refractivity contribution < 1.29 is 9.53 Å². The van der Waals surface area contributed by atoms with E-state index in [9.17, 15) is 4.79 Å². The highest BCUT2D eigenvalue weighted by atomic mass is 35.5. The molecule has 0 aliphatic heterocycles. The first-order valence-electron chi connectivity index (χ1n) is 7.26. The highest BCUT2D eigenvalue weighted by Gasteiger charge is 2.16. The molecule has 3 N–H and O–H groups in total. The molecule has 0 spiro atoms. The Morgan fingerprint density at radius 3 is 2.57 bits per heavy atom. The zero-order valence-electron chi connectivity index (χ0n) is 13.3. The third kappa shape index (κ3) is 6.82. The quantitative estimate of drug-likeness (QED) is 0.812. The van der Waals surface area contributed by atoms with Crippen LogP contribution in [0, 0.1) is 0 Å². The lowest BCUT2D eigenvalue weighted by atomic mass is 10.1. The first kappa shape index (κ1) is 19.7. The van der Waals surface area contributed by atoms with Crippen LogP contribution >= 0.6 is 12.4 Å². The second-order valence-electron chi connectivity index (χ2n) is 5.36. The molecule has 0 saturated heterocycles. The first-order valence-corrected chi connectivity index (χ1v) is 7.26. The lowest BCUT2D eigenvalue weighted by Gasteiger charge is -2.18. The number of nitrogens with one attached hydrogen (secondary N) is 1. The molecule has 0 radical (unpaired) electrons. The normalized spacial score (nSPS) is 13.2. The maximum atomic E-state index is 11.9. The molecule has 1 rings (SSSR count). The van der Waals surface area contributed by atoms with Crippen LogP contribution in [0.2, 0.25) is 0 Å². The third-order valence-corrected chi connectivity index (χ3v) is 3.03. The predicted molar refractivity (Wildman–Crippen MR) is 88.9 cm³/mol. The molecule has 21 heavy (non-hydrogen) atoms. The van der Waals surface area contributed by atoms with Gasteiger partial charge in [-0.3, -0.25) is 4.79 Å². The number of rotatable bonds is 7. The molecule has 0 aliphatic rings. The van der Waals surface area contributed by atoms with Gasteiger partial charge in [-0.2, -0.15) is 0 Å². The minimum Gasteiger partial charge on any atom is -0.491 e. The number of hydrogen-bond acceptors (Lipinski definition) is 3. The molecule has 2 unspecified atom stereocenters. The molecule has 1 aromatic rings. The van der Waals surface area contributed by atoms with E-state index in [-0.39, 0.29) is 30.5 Å². The number of carbonyl (C=O) groups is 1. The summed E-state index contributed by atoms with van der Waals surface area (Å²) in [7, 11) is 0. The van der Waals surface area contributed by atoms with E-state index in [4.69, 9.17) is 10.5 Å². The zero-order valence-corrected chi connectivity index (χ0v) is 14.1. The highest BCUT2D eigenvalue weighted by Crippen LogP contribution is 2.20. The molecule has 5 heteroatoms. The van der Waals surface area contributed by atoms with Gasteiger partial charge in [-0.1, -0.05) is 25.5 Å². The van der Waals surface area contributed by atoms with E-state index < -0.39 is 6.04 Å². The van der Waals surface area contributed by atoms with Crippen molar-refractivity contribution in [2.45, 2.75) is 58.7 Å². The molecule has 0 aliphatic carbocycles. The zero-order chi connectivity index (χ0) is 15.1. The Morgan fingerprint density at radius 2 is 2.00 bits per heavy atom. The Hall–Kier alpha value is -1.26. The van der Waals surface area contributed by atoms with Crippen LogP contribution in [0.5, 0.6) is 5.75 Å². The molecule has 0 fully saturated rings. The van der Waals surface area contributed by atoms with Crippen LogP contribution in [0.1, 0.15) is 52.1 Å². The van der Waals surface area contributed by atoms with Gasteiger partial charge in [0.05, 0.1) is 18.2 Å². The summed E-state index contributed by atoms with van der Waals surface area (Å²) in [6.45, 7) is 7.94. The second kappa shape index (κ2) is 9.64. The number of nitrogens with two attached hydrogens (primary N) is 1. The summed E-state index contributed by atoms with van der Waals surface area (Å²) >= 11 is 0. The van der Waals surface area contributed by atoms with Crippen molar-refractivity contribution in [3.8, 4) is 5.75 Å². The van der Waals surface area contributed by atoms with Crippen LogP contribution in [-0.2, 0) is 4.79 Å². The Kier molecular flexibility index (Phi) is 9.06. The van der Waals surface area contributed by atoms with E-state index in [0.717, 1.165) is 17.7 Å². The van der Waals surface area contributed by atoms with Crippen molar-refractivity contribution in [2.24, 2.45) is 5.73 Å². The van der Waals surface area contributed by atoms with Crippen molar-refractivity contribution in [3.63, 3.8) is 0 Å². The number of benzene rings is 1. The van der Waals surface area contributed by atoms with E-state index >= 15 is 0 Å². The molecule has 0 heterocycles. The van der Waals surface area contributed by atoms with Crippen molar-refractivity contribution in [1.82, 2.24) is 5.32 Å². The van der Waals surface area contributed by atoms with Crippen molar-refractivity contribution >= 4 is 18.3 Å². The number of amides is 1. The standard InChI is InChI=1S/C16H26N2O2.ClH/c1-5-7-15(17)16(19)18-12(4)13-8-6-9-14(10-13)20-11(2)3;/h6,8-12,15H,5,7,17H2,1-4H3,(H,18,19);1H. The fourth-order valence-electron chi connectivity index (χ4n) is 1.98. The molecular formula is C16H27ClN2O2. The lowest BCUT2D eigenvalue weighted by molar-refractivity contribution is -0.123. The smallest absolute Gasteiger partial charge is 0.237 e. The fraction of sp³-hybridized carbons (Fsp3) is 0.562. The number of carbonyl (C=O) groups excluding carboxylic acids is 1. The van der Waals surface area contributed by atoms with Gasteiger partial charge in [-0.05, 0) is 44.9 Å². The maximum Gasteiger partial charge on any atom is 0.237 e. The van der Waals surface area contributed by atoms with E-state index in [1.807, 2.05) is 52.0 Å². The predicted octanol–water partition coefficient (Wildman–Crippen LogP) is 3.20. The molecule has 120 valence electrons. The van der Waals surface area contributed by atoms with Crippen molar-refractivity contribution in [1.29, 1.82) is 0 Å². The summed E-state index contributed by atoms with van der Waals surface area (Å²) in [6.07, 6.45) is 1.74. The fourth-order valence-corrected chi connectivity index (χ4v) is 1.98. The summed E-state index contributed by atoms with van der Waals surface area (Å²) in [5.74, 6) is 0.714. The van der Waals surface area contributed by atoms with Gasteiger partial charge in [-0.15, -0.1) is 12.4 Å². The highest BCUT2D eigenvalue weighted by molar-refractivity contribution is 5.85. The summed E-state index contributed by atoms with van der Waals surface area (Å²) in [5, 5.41) is 2.94. The first-order chi connectivity index (χ1) is 9.43. The van der Waals surface area contributed by atoms with E-state index in [1.54, 1.807) is 0 Å². The Balaban J connectivity index is 0.00000400. The molecular weight excluding hydrogens is 288 g/mol. The van der Waals surface area contributed by atoms with E-state index in [1.165, 1.54) is 0 Å². The maximum absolute atomic E-state index is 11.9. The molecule has 1 amide bonds. The molecule has 0 saturated carbocycles. The van der Waals surface area contributed by atoms with Gasteiger partial charge in [0.25, 0.3) is 0 Å². The average Bonchev–Trinajstić information content (AvgIpc) is 2.38. The van der Waals surface area contributed by atoms with Gasteiger partial charge in [0.15, 0.2) is 0 Å². The largest absolute Gasteiger partial charge is 0.491 e. The van der Waals surface area contributed by atoms with Crippen LogP contribution in [-0.4, -0.2) is 18.1 Å². The van der Waals surface area contributed by atoms with Crippen LogP contribution in [0.25, 0.3) is 0 Å². The van der Waals surface area contributed by atoms with Gasteiger partial charge in [0, 0.05) is 0 Å². The topological polar surface area (TPSA) is 64.4 Å². The molecule has 2 atom stereocenters. The average molecular weight is 315 g/mol. The SMILES string of the molecule is CCCC(N)C(=O)NC(C)c1cccc(OC(C)C)c1.Cl. The summed E-state index contributed by atoms with van der Waals surface area (Å²) in [6, 6.07) is 7.26. The molecule has 1 aromatic carbocycles. The monoisotopic (exact) mass is 314 g/mol. The Bertz CT molecular complexity index is 438. The van der Waals surface area contributed by atoms with Gasteiger partial charge in [0.1, 0.15) is 5.75 Å². The third-order valence-electron chi connectivity index (χ3n) is 3.03. The van der Waals surface area contributed by atoms with Crippen molar-refractivity contribution in [3.05, 3.63) is 29.8 Å². The van der Waals surface area contributed by atoms with Crippen LogP contribution < -0.4 is 15.8 Å². The minimum absolute atomic E-state index is 0. The lowest BCUT2D eigenvalue weighted by Crippen LogP contribution is -2.41. The number of hydrogen-bond donors (Lipinski definition) is 2. The van der Waals surface area contributed by atoms with Crippen LogP contribution in [0.15, 0.2) is 24.3 Å². The van der Waals surface area contributed by atoms with Gasteiger partial charge in [-0.25, -0.2) is 0 Å². The number of ether oxygens (including phenoxy) is 1. The van der Waals surface area contributed by atoms with Crippen molar-refractivity contribution in [2.75, 3.05) is 0 Å². The Labute approximate surface area is 133 Å². The van der Waals surface area contributed by atoms with Gasteiger partial charge in [0.2, 0.25) is 5.91 Å². The van der Waals surface area contributed by atoms with E-state index in [0.29, 0.717) is 6.42 Å². The molecule has 0 bridgehead atoms. The van der Waals surface area contributed by atoms with Gasteiger partial charge < -0.3 is 15.8 Å². The summed E-state index contributed by atoms with van der Waals surface area (Å²) in [5.41, 5.74) is 6.83. The Morgan fingerprint density at radius 1 is 1.33 bits per heavy atom. The van der Waals surface area contributed by atoms with Crippen LogP contribution in [0.3, 0.4) is 0 Å². The van der Waals surface area contributed by atoms with E-state index in [2.05, 4.69) is 5.32 Å². The second-order valence-corrected chi connectivity index (χ2v) is 5.36. The molecule has 0 aromatic heterocycles. The summed E-state index contributed by atoms with van der Waals surface area (Å²) < 4.78 is 5.66. The summed E-state index contributed by atoms with van der Waals surface area (Å²) in [4.78, 5) is 11.9.